The van der Waals surface area contributed by atoms with Crippen molar-refractivity contribution in [2.45, 2.75) is 11.4 Å². The second-order valence-electron chi connectivity index (χ2n) is 6.38. The number of hydrogen-bond acceptors (Lipinski definition) is 5. The monoisotopic (exact) mass is 397 g/mol. The van der Waals surface area contributed by atoms with Crippen molar-refractivity contribution in [3.05, 3.63) is 77.9 Å². The van der Waals surface area contributed by atoms with Gasteiger partial charge in [-0.1, -0.05) is 36.4 Å². The van der Waals surface area contributed by atoms with Gasteiger partial charge in [0.2, 0.25) is 0 Å². The molecule has 0 bridgehead atoms. The Labute approximate surface area is 163 Å². The summed E-state index contributed by atoms with van der Waals surface area (Å²) in [7, 11) is -3.21. The van der Waals surface area contributed by atoms with E-state index in [2.05, 4.69) is 5.32 Å². The predicted octanol–water partition coefficient (Wildman–Crippen LogP) is 3.77. The molecule has 0 atom stereocenters. The predicted molar refractivity (Wildman–Crippen MR) is 107 cm³/mol. The summed E-state index contributed by atoms with van der Waals surface area (Å²) in [5, 5.41) is 21.7. The lowest BCUT2D eigenvalue weighted by Gasteiger charge is -2.09. The highest BCUT2D eigenvalue weighted by molar-refractivity contribution is 7.90. The van der Waals surface area contributed by atoms with Gasteiger partial charge in [-0.3, -0.25) is 0 Å². The molecule has 6 nitrogen and oxygen atoms in total. The Bertz CT molecular complexity index is 1100. The Morgan fingerprint density at radius 2 is 1.50 bits per heavy atom. The van der Waals surface area contributed by atoms with E-state index in [-0.39, 0.29) is 16.2 Å². The van der Waals surface area contributed by atoms with Gasteiger partial charge in [-0.05, 0) is 47.0 Å². The van der Waals surface area contributed by atoms with E-state index in [1.165, 1.54) is 18.4 Å². The number of carboxylic acids is 1. The first-order chi connectivity index (χ1) is 13.2. The van der Waals surface area contributed by atoms with E-state index in [0.29, 0.717) is 12.2 Å². The largest absolute Gasteiger partial charge is 0.507 e. The van der Waals surface area contributed by atoms with E-state index in [1.54, 1.807) is 30.3 Å². The summed E-state index contributed by atoms with van der Waals surface area (Å²) in [5.74, 6) is -1.46. The lowest BCUT2D eigenvalue weighted by molar-refractivity contribution is 0.0693. The van der Waals surface area contributed by atoms with Gasteiger partial charge in [-0.2, -0.15) is 0 Å². The van der Waals surface area contributed by atoms with E-state index in [1.807, 2.05) is 24.3 Å². The van der Waals surface area contributed by atoms with Crippen molar-refractivity contribution >= 4 is 21.5 Å². The Morgan fingerprint density at radius 3 is 2.04 bits per heavy atom. The molecule has 3 N–H and O–H groups in total. The standard InChI is InChI=1S/C21H19NO5S/c1-28(26,27)18-9-6-16(7-10-18)15-4-2-14(3-5-15)13-22-17-8-11-20(23)19(12-17)21(24)25/h2-12,22-23H,13H2,1H3,(H,24,25). The highest BCUT2D eigenvalue weighted by Gasteiger charge is 2.10. The van der Waals surface area contributed by atoms with Gasteiger partial charge >= 0.3 is 5.97 Å². The fraction of sp³-hybridized carbons (Fsp3) is 0.0952. The van der Waals surface area contributed by atoms with E-state index in [9.17, 15) is 18.3 Å². The van der Waals surface area contributed by atoms with Crippen LogP contribution in [0.2, 0.25) is 0 Å². The summed E-state index contributed by atoms with van der Waals surface area (Å²) in [4.78, 5) is 11.4. The Balaban J connectivity index is 1.70. The zero-order chi connectivity index (χ0) is 20.3. The summed E-state index contributed by atoms with van der Waals surface area (Å²) < 4.78 is 23.1. The lowest BCUT2D eigenvalue weighted by Crippen LogP contribution is -2.02. The number of benzene rings is 3. The molecule has 3 aromatic carbocycles. The number of carbonyl (C=O) groups is 1. The minimum atomic E-state index is -3.21. The van der Waals surface area contributed by atoms with Crippen molar-refractivity contribution in [2.75, 3.05) is 11.6 Å². The molecule has 0 aromatic heterocycles. The summed E-state index contributed by atoms with van der Waals surface area (Å²) in [6.07, 6.45) is 1.18. The van der Waals surface area contributed by atoms with Crippen LogP contribution in [0, 0.1) is 0 Å². The van der Waals surface area contributed by atoms with Crippen molar-refractivity contribution in [3.63, 3.8) is 0 Å². The maximum Gasteiger partial charge on any atom is 0.339 e. The zero-order valence-electron chi connectivity index (χ0n) is 15.1. The normalized spacial score (nSPS) is 11.2. The SMILES string of the molecule is CS(=O)(=O)c1ccc(-c2ccc(CNc3ccc(O)c(C(=O)O)c3)cc2)cc1. The van der Waals surface area contributed by atoms with Crippen LogP contribution in [0.1, 0.15) is 15.9 Å². The van der Waals surface area contributed by atoms with Gasteiger partial charge in [-0.25, -0.2) is 13.2 Å². The zero-order valence-corrected chi connectivity index (χ0v) is 15.9. The van der Waals surface area contributed by atoms with Crippen molar-refractivity contribution in [1.82, 2.24) is 0 Å². The molecule has 0 heterocycles. The third-order valence-electron chi connectivity index (χ3n) is 4.29. The molecule has 0 unspecified atom stereocenters. The number of sulfone groups is 1. The van der Waals surface area contributed by atoms with Crippen molar-refractivity contribution in [3.8, 4) is 16.9 Å². The van der Waals surface area contributed by atoms with Gasteiger partial charge < -0.3 is 15.5 Å². The smallest absolute Gasteiger partial charge is 0.339 e. The number of rotatable bonds is 6. The molecule has 0 spiro atoms. The number of aromatic carboxylic acids is 1. The minimum absolute atomic E-state index is 0.155. The third kappa shape index (κ3) is 4.50. The average molecular weight is 397 g/mol. The van der Waals surface area contributed by atoms with Crippen LogP contribution in [0.15, 0.2) is 71.6 Å². The number of nitrogens with one attached hydrogen (secondary N) is 1. The van der Waals surface area contributed by atoms with E-state index < -0.39 is 15.8 Å². The molecular formula is C21H19NO5S. The average Bonchev–Trinajstić information content (AvgIpc) is 2.67. The van der Waals surface area contributed by atoms with E-state index >= 15 is 0 Å². The summed E-state index contributed by atoms with van der Waals surface area (Å²) in [6, 6.07) is 18.8. The topological polar surface area (TPSA) is 104 Å². The maximum atomic E-state index is 11.5. The molecule has 0 radical (unpaired) electrons. The van der Waals surface area contributed by atoms with Crippen molar-refractivity contribution < 1.29 is 23.4 Å². The molecule has 7 heteroatoms. The van der Waals surface area contributed by atoms with Gasteiger partial charge in [0.25, 0.3) is 0 Å². The second-order valence-corrected chi connectivity index (χ2v) is 8.40. The number of anilines is 1. The molecule has 0 aliphatic carbocycles. The Kier molecular flexibility index (Phi) is 5.37. The fourth-order valence-electron chi connectivity index (χ4n) is 2.73. The number of aromatic hydroxyl groups is 1. The first-order valence-electron chi connectivity index (χ1n) is 8.43. The van der Waals surface area contributed by atoms with Gasteiger partial charge in [0.15, 0.2) is 9.84 Å². The quantitative estimate of drug-likeness (QED) is 0.547. The molecule has 0 amide bonds. The highest BCUT2D eigenvalue weighted by Crippen LogP contribution is 2.24. The molecule has 0 fully saturated rings. The molecule has 0 aliphatic heterocycles. The van der Waals surface area contributed by atoms with Crippen LogP contribution < -0.4 is 5.32 Å². The Hall–Kier alpha value is -3.32. The molecule has 0 saturated heterocycles. The maximum absolute atomic E-state index is 11.5. The van der Waals surface area contributed by atoms with Crippen molar-refractivity contribution in [1.29, 1.82) is 0 Å². The number of hydrogen-bond donors (Lipinski definition) is 3. The minimum Gasteiger partial charge on any atom is -0.507 e. The van der Waals surface area contributed by atoms with Crippen LogP contribution in [-0.2, 0) is 16.4 Å². The van der Waals surface area contributed by atoms with Gasteiger partial charge in [0, 0.05) is 18.5 Å². The fourth-order valence-corrected chi connectivity index (χ4v) is 3.36. The molecule has 28 heavy (non-hydrogen) atoms. The van der Waals surface area contributed by atoms with E-state index in [4.69, 9.17) is 5.11 Å². The number of phenols is 1. The van der Waals surface area contributed by atoms with Crippen LogP contribution in [0.4, 0.5) is 5.69 Å². The first-order valence-corrected chi connectivity index (χ1v) is 10.3. The molecule has 3 rings (SSSR count). The van der Waals surface area contributed by atoms with Gasteiger partial charge in [-0.15, -0.1) is 0 Å². The van der Waals surface area contributed by atoms with Gasteiger partial charge in [0.1, 0.15) is 11.3 Å². The molecule has 0 aliphatic rings. The van der Waals surface area contributed by atoms with Crippen molar-refractivity contribution in [2.24, 2.45) is 0 Å². The van der Waals surface area contributed by atoms with Crippen LogP contribution in [0.3, 0.4) is 0 Å². The van der Waals surface area contributed by atoms with Crippen LogP contribution in [-0.4, -0.2) is 30.9 Å². The van der Waals surface area contributed by atoms with Crippen LogP contribution >= 0.6 is 0 Å². The summed E-state index contributed by atoms with van der Waals surface area (Å²) in [6.45, 7) is 0.483. The summed E-state index contributed by atoms with van der Waals surface area (Å²) in [5.41, 5.74) is 3.30. The molecule has 3 aromatic rings. The lowest BCUT2D eigenvalue weighted by atomic mass is 10.0. The van der Waals surface area contributed by atoms with Crippen LogP contribution in [0.25, 0.3) is 11.1 Å². The molecular weight excluding hydrogens is 378 g/mol. The highest BCUT2D eigenvalue weighted by atomic mass is 32.2. The van der Waals surface area contributed by atoms with Crippen LogP contribution in [0.5, 0.6) is 5.75 Å². The van der Waals surface area contributed by atoms with E-state index in [0.717, 1.165) is 16.7 Å². The molecule has 0 saturated carbocycles. The third-order valence-corrected chi connectivity index (χ3v) is 5.42. The molecule has 144 valence electrons. The summed E-state index contributed by atoms with van der Waals surface area (Å²) >= 11 is 0. The van der Waals surface area contributed by atoms with Gasteiger partial charge in [0.05, 0.1) is 4.90 Å². The second kappa shape index (κ2) is 7.74. The first kappa shape index (κ1) is 19.4. The Morgan fingerprint density at radius 1 is 0.929 bits per heavy atom. The number of carboxylic acid groups (broad SMARTS) is 1.